The van der Waals surface area contributed by atoms with E-state index in [0.717, 1.165) is 6.34 Å². The van der Waals surface area contributed by atoms with Gasteiger partial charge in [-0.3, -0.25) is 0 Å². The Morgan fingerprint density at radius 3 is 3.10 bits per heavy atom. The zero-order valence-corrected chi connectivity index (χ0v) is 5.58. The Labute approximate surface area is 58.2 Å². The minimum atomic E-state index is -0.819. The van der Waals surface area contributed by atoms with Gasteiger partial charge in [0.2, 0.25) is 5.95 Å². The molecule has 0 saturated heterocycles. The van der Waals surface area contributed by atoms with E-state index in [1.165, 1.54) is 12.3 Å². The van der Waals surface area contributed by atoms with Crippen LogP contribution >= 0.6 is 0 Å². The summed E-state index contributed by atoms with van der Waals surface area (Å²) in [6.07, 6.45) is 3.77. The van der Waals surface area contributed by atoms with Crippen molar-refractivity contribution in [2.75, 3.05) is 0 Å². The highest BCUT2D eigenvalue weighted by Gasteiger charge is 2.14. The molecule has 0 saturated carbocycles. The smallest absolute Gasteiger partial charge is 0.212 e. The molecular weight excluding hydrogens is 133 g/mol. The van der Waals surface area contributed by atoms with Gasteiger partial charge in [-0.25, -0.2) is 9.98 Å². The molecule has 0 aromatic carbocycles. The maximum absolute atomic E-state index is 12.4. The van der Waals surface area contributed by atoms with Crippen LogP contribution in [0.15, 0.2) is 22.0 Å². The topological polar surface area (TPSA) is 50.7 Å². The van der Waals surface area contributed by atoms with E-state index in [2.05, 4.69) is 9.98 Å². The lowest BCUT2D eigenvalue weighted by molar-refractivity contribution is 0.610. The van der Waals surface area contributed by atoms with E-state index >= 15 is 0 Å². The van der Waals surface area contributed by atoms with Gasteiger partial charge >= 0.3 is 0 Å². The molecule has 1 aliphatic rings. The predicted molar refractivity (Wildman–Crippen MR) is 38.8 cm³/mol. The van der Waals surface area contributed by atoms with E-state index in [-0.39, 0.29) is 0 Å². The predicted octanol–water partition coefficient (Wildman–Crippen LogP) is 0.627. The largest absolute Gasteiger partial charge is 0.318 e. The summed E-state index contributed by atoms with van der Waals surface area (Å²) >= 11 is 0. The van der Waals surface area contributed by atoms with Crippen LogP contribution in [0.25, 0.3) is 0 Å². The van der Waals surface area contributed by atoms with E-state index in [1.807, 2.05) is 0 Å². The number of hydrogen-bond acceptors (Lipinski definition) is 3. The number of nitrogens with zero attached hydrogens (tertiary/aromatic N) is 2. The lowest BCUT2D eigenvalue weighted by atomic mass is 10.1. The number of rotatable bonds is 0. The van der Waals surface area contributed by atoms with Gasteiger partial charge in [-0.15, -0.1) is 0 Å². The van der Waals surface area contributed by atoms with E-state index in [4.69, 9.17) is 5.73 Å². The molecule has 0 aromatic rings. The summed E-state index contributed by atoms with van der Waals surface area (Å²) in [5, 5.41) is 0. The van der Waals surface area contributed by atoms with Crippen molar-refractivity contribution in [2.45, 2.75) is 12.5 Å². The Morgan fingerprint density at radius 1 is 1.70 bits per heavy atom. The van der Waals surface area contributed by atoms with Gasteiger partial charge in [0, 0.05) is 6.21 Å². The highest BCUT2D eigenvalue weighted by molar-refractivity contribution is 5.82. The molecule has 2 N–H and O–H groups in total. The molecule has 1 atom stereocenters. The molecule has 0 aromatic heterocycles. The molecule has 54 valence electrons. The van der Waals surface area contributed by atoms with Crippen molar-refractivity contribution >= 4 is 12.6 Å². The fourth-order valence-electron chi connectivity index (χ4n) is 0.614. The van der Waals surface area contributed by atoms with Gasteiger partial charge in [-0.1, -0.05) is 0 Å². The highest BCUT2D eigenvalue weighted by Crippen LogP contribution is 2.08. The zero-order valence-electron chi connectivity index (χ0n) is 5.58. The second kappa shape index (κ2) is 2.30. The quantitative estimate of drug-likeness (QED) is 0.494. The van der Waals surface area contributed by atoms with Gasteiger partial charge in [0.15, 0.2) is 0 Å². The van der Waals surface area contributed by atoms with Gasteiger partial charge in [0.1, 0.15) is 6.34 Å². The lowest BCUT2D eigenvalue weighted by Gasteiger charge is -2.10. The summed E-state index contributed by atoms with van der Waals surface area (Å²) in [5.41, 5.74) is 4.70. The standard InChI is InChI=1S/C6H8FN3/c1-6(8)2-5(7)10-4-9-3-6/h2-4H,8H2,1H3. The first kappa shape index (κ1) is 7.08. The van der Waals surface area contributed by atoms with Crippen molar-refractivity contribution in [1.82, 2.24) is 0 Å². The van der Waals surface area contributed by atoms with Crippen molar-refractivity contribution in [3.05, 3.63) is 12.0 Å². The number of halogens is 1. The molecule has 1 heterocycles. The minimum Gasteiger partial charge on any atom is -0.318 e. The van der Waals surface area contributed by atoms with E-state index in [1.54, 1.807) is 6.92 Å². The summed E-state index contributed by atoms with van der Waals surface area (Å²) in [6, 6.07) is 0. The van der Waals surface area contributed by atoms with E-state index in [0.29, 0.717) is 0 Å². The molecule has 3 nitrogen and oxygen atoms in total. The highest BCUT2D eigenvalue weighted by atomic mass is 19.1. The summed E-state index contributed by atoms with van der Waals surface area (Å²) < 4.78 is 12.4. The van der Waals surface area contributed by atoms with Crippen LogP contribution in [0, 0.1) is 0 Å². The molecule has 0 radical (unpaired) electrons. The Kier molecular flexibility index (Phi) is 1.63. The number of nitrogens with two attached hydrogens (primary N) is 1. The summed E-state index contributed by atoms with van der Waals surface area (Å²) in [4.78, 5) is 6.95. The van der Waals surface area contributed by atoms with Gasteiger partial charge in [0.25, 0.3) is 0 Å². The van der Waals surface area contributed by atoms with Crippen molar-refractivity contribution in [3.63, 3.8) is 0 Å². The lowest BCUT2D eigenvalue weighted by Crippen LogP contribution is -2.35. The second-order valence-corrected chi connectivity index (χ2v) is 2.36. The zero-order chi connectivity index (χ0) is 7.61. The van der Waals surface area contributed by atoms with E-state index in [9.17, 15) is 4.39 Å². The summed E-state index contributed by atoms with van der Waals surface area (Å²) in [7, 11) is 0. The monoisotopic (exact) mass is 141 g/mol. The van der Waals surface area contributed by atoms with Gasteiger partial charge in [0.05, 0.1) is 5.54 Å². The van der Waals surface area contributed by atoms with Gasteiger partial charge < -0.3 is 5.73 Å². The van der Waals surface area contributed by atoms with Crippen LogP contribution in [-0.4, -0.2) is 18.1 Å². The second-order valence-electron chi connectivity index (χ2n) is 2.36. The summed E-state index contributed by atoms with van der Waals surface area (Å²) in [5.74, 6) is -0.595. The Morgan fingerprint density at radius 2 is 2.40 bits per heavy atom. The minimum absolute atomic E-state index is 0.595. The molecule has 0 amide bonds. The molecular formula is C6H8FN3. The fourth-order valence-corrected chi connectivity index (χ4v) is 0.614. The first-order valence-corrected chi connectivity index (χ1v) is 2.84. The van der Waals surface area contributed by atoms with Crippen molar-refractivity contribution in [2.24, 2.45) is 15.7 Å². The molecule has 1 unspecified atom stereocenters. The van der Waals surface area contributed by atoms with Crippen LogP contribution < -0.4 is 5.73 Å². The Hall–Kier alpha value is -1.03. The van der Waals surface area contributed by atoms with Crippen LogP contribution in [-0.2, 0) is 0 Å². The van der Waals surface area contributed by atoms with Crippen LogP contribution in [0.4, 0.5) is 4.39 Å². The molecule has 0 bridgehead atoms. The van der Waals surface area contributed by atoms with Crippen molar-refractivity contribution in [1.29, 1.82) is 0 Å². The number of aliphatic imine (C=N–C) groups is 2. The third kappa shape index (κ3) is 1.73. The first-order chi connectivity index (χ1) is 4.60. The van der Waals surface area contributed by atoms with Crippen LogP contribution in [0.5, 0.6) is 0 Å². The molecule has 0 aliphatic carbocycles. The van der Waals surface area contributed by atoms with Gasteiger partial charge in [-0.05, 0) is 13.0 Å². The molecule has 4 heteroatoms. The van der Waals surface area contributed by atoms with E-state index < -0.39 is 11.5 Å². The normalized spacial score (nSPS) is 31.7. The van der Waals surface area contributed by atoms with Crippen LogP contribution in [0.2, 0.25) is 0 Å². The molecule has 1 rings (SSSR count). The number of hydrogen-bond donors (Lipinski definition) is 1. The van der Waals surface area contributed by atoms with Crippen molar-refractivity contribution in [3.8, 4) is 0 Å². The first-order valence-electron chi connectivity index (χ1n) is 2.84. The van der Waals surface area contributed by atoms with Crippen molar-refractivity contribution < 1.29 is 4.39 Å². The summed E-state index contributed by atoms with van der Waals surface area (Å²) in [6.45, 7) is 1.64. The third-order valence-electron chi connectivity index (χ3n) is 1.03. The molecule has 0 fully saturated rings. The maximum Gasteiger partial charge on any atom is 0.212 e. The maximum atomic E-state index is 12.4. The van der Waals surface area contributed by atoms with Crippen LogP contribution in [0.1, 0.15) is 6.92 Å². The average Bonchev–Trinajstić information content (AvgIpc) is 1.90. The third-order valence-corrected chi connectivity index (χ3v) is 1.03. The van der Waals surface area contributed by atoms with Gasteiger partial charge in [-0.2, -0.15) is 4.39 Å². The van der Waals surface area contributed by atoms with Crippen LogP contribution in [0.3, 0.4) is 0 Å². The Bertz CT molecular complexity index is 215. The SMILES string of the molecule is CC1(N)C=NC=NC(F)=C1. The Balaban J connectivity index is 2.93. The molecule has 1 aliphatic heterocycles. The fraction of sp³-hybridized carbons (Fsp3) is 0.333. The average molecular weight is 141 g/mol. The molecule has 10 heavy (non-hydrogen) atoms. The molecule has 0 spiro atoms.